The Balaban J connectivity index is 2.00. The summed E-state index contributed by atoms with van der Waals surface area (Å²) >= 11 is 0. The van der Waals surface area contributed by atoms with Crippen LogP contribution in [0.5, 0.6) is 0 Å². The van der Waals surface area contributed by atoms with Crippen LogP contribution >= 0.6 is 0 Å². The Morgan fingerprint density at radius 3 is 2.70 bits per heavy atom. The monoisotopic (exact) mass is 265 g/mol. The number of nitrogens with two attached hydrogens (primary N) is 1. The number of fused-ring (bicyclic) bond motifs is 1. The second-order valence-electron chi connectivity index (χ2n) is 6.01. The summed E-state index contributed by atoms with van der Waals surface area (Å²) in [5, 5.41) is 0. The van der Waals surface area contributed by atoms with Crippen molar-refractivity contribution in [3.05, 3.63) is 70.3 Å². The van der Waals surface area contributed by atoms with Crippen LogP contribution in [0.25, 0.3) is 0 Å². The molecule has 0 aliphatic heterocycles. The Hall–Kier alpha value is -1.60. The molecule has 0 fully saturated rings. The molecule has 2 atom stereocenters. The molecule has 2 N–H and O–H groups in total. The zero-order chi connectivity index (χ0) is 14.1. The van der Waals surface area contributed by atoms with Crippen molar-refractivity contribution >= 4 is 0 Å². The van der Waals surface area contributed by atoms with Gasteiger partial charge in [0, 0.05) is 12.0 Å². The van der Waals surface area contributed by atoms with Gasteiger partial charge in [0.25, 0.3) is 0 Å². The Kier molecular flexibility index (Phi) is 3.62. The first-order valence-corrected chi connectivity index (χ1v) is 7.58. The van der Waals surface area contributed by atoms with Crippen molar-refractivity contribution in [2.24, 2.45) is 5.73 Å². The molecule has 0 aromatic heterocycles. The summed E-state index contributed by atoms with van der Waals surface area (Å²) in [6.07, 6.45) is 3.65. The van der Waals surface area contributed by atoms with Gasteiger partial charge in [0.2, 0.25) is 0 Å². The highest BCUT2D eigenvalue weighted by molar-refractivity contribution is 5.40. The van der Waals surface area contributed by atoms with Crippen LogP contribution in [-0.4, -0.2) is 0 Å². The topological polar surface area (TPSA) is 26.0 Å². The maximum absolute atomic E-state index is 6.65. The molecule has 1 heteroatoms. The molecule has 0 spiro atoms. The van der Waals surface area contributed by atoms with Gasteiger partial charge in [-0.05, 0) is 60.9 Å². The Morgan fingerprint density at radius 2 is 1.85 bits per heavy atom. The minimum Gasteiger partial charge on any atom is -0.323 e. The van der Waals surface area contributed by atoms with E-state index in [1.807, 2.05) is 0 Å². The van der Waals surface area contributed by atoms with Gasteiger partial charge in [-0.2, -0.15) is 0 Å². The van der Waals surface area contributed by atoms with Crippen molar-refractivity contribution in [2.75, 3.05) is 0 Å². The normalized spacial score (nSPS) is 19.4. The molecule has 0 amide bonds. The predicted octanol–water partition coefficient (Wildman–Crippen LogP) is 4.42. The zero-order valence-corrected chi connectivity index (χ0v) is 12.4. The van der Waals surface area contributed by atoms with Crippen LogP contribution in [0.2, 0.25) is 0 Å². The Morgan fingerprint density at radius 1 is 1.05 bits per heavy atom. The van der Waals surface area contributed by atoms with Crippen LogP contribution in [-0.2, 0) is 6.42 Å². The maximum atomic E-state index is 6.65. The summed E-state index contributed by atoms with van der Waals surface area (Å²) in [5.74, 6) is 0.459. The number of hydrogen-bond donors (Lipinski definition) is 1. The van der Waals surface area contributed by atoms with E-state index in [1.54, 1.807) is 0 Å². The van der Waals surface area contributed by atoms with E-state index in [4.69, 9.17) is 5.73 Å². The van der Waals surface area contributed by atoms with Crippen LogP contribution in [0.4, 0.5) is 0 Å². The molecule has 2 aromatic carbocycles. The molecule has 0 bridgehead atoms. The van der Waals surface area contributed by atoms with Crippen molar-refractivity contribution < 1.29 is 0 Å². The summed E-state index contributed by atoms with van der Waals surface area (Å²) in [6.45, 7) is 4.36. The predicted molar refractivity (Wildman–Crippen MR) is 85.0 cm³/mol. The number of aryl methyl sites for hydroxylation is 2. The summed E-state index contributed by atoms with van der Waals surface area (Å²) < 4.78 is 0. The first-order valence-electron chi connectivity index (χ1n) is 7.58. The standard InChI is InChI=1S/C19H23N/c1-13-7-5-11-16(14(13)2)19(20)18-12-6-9-15-8-3-4-10-17(15)18/h3-5,7-8,10-11,18-19H,6,9,12,20H2,1-2H3. The minimum absolute atomic E-state index is 0.108. The van der Waals surface area contributed by atoms with E-state index in [1.165, 1.54) is 47.1 Å². The van der Waals surface area contributed by atoms with E-state index < -0.39 is 0 Å². The molecule has 0 saturated heterocycles. The summed E-state index contributed by atoms with van der Waals surface area (Å²) in [7, 11) is 0. The van der Waals surface area contributed by atoms with Crippen LogP contribution in [0.3, 0.4) is 0 Å². The second kappa shape index (κ2) is 5.41. The third-order valence-electron chi connectivity index (χ3n) is 4.85. The van der Waals surface area contributed by atoms with E-state index in [-0.39, 0.29) is 6.04 Å². The average molecular weight is 265 g/mol. The van der Waals surface area contributed by atoms with E-state index in [0.29, 0.717) is 5.92 Å². The third-order valence-corrected chi connectivity index (χ3v) is 4.85. The van der Waals surface area contributed by atoms with Gasteiger partial charge < -0.3 is 5.73 Å². The number of hydrogen-bond acceptors (Lipinski definition) is 1. The molecule has 0 radical (unpaired) electrons. The minimum atomic E-state index is 0.108. The lowest BCUT2D eigenvalue weighted by Crippen LogP contribution is -2.24. The van der Waals surface area contributed by atoms with Gasteiger partial charge in [0.05, 0.1) is 0 Å². The fourth-order valence-electron chi connectivity index (χ4n) is 3.52. The van der Waals surface area contributed by atoms with Gasteiger partial charge in [-0.1, -0.05) is 42.5 Å². The van der Waals surface area contributed by atoms with Crippen LogP contribution in [0.15, 0.2) is 42.5 Å². The smallest absolute Gasteiger partial charge is 0.0367 e. The van der Waals surface area contributed by atoms with E-state index in [2.05, 4.69) is 56.3 Å². The molecular weight excluding hydrogens is 242 g/mol. The van der Waals surface area contributed by atoms with Gasteiger partial charge in [-0.3, -0.25) is 0 Å². The highest BCUT2D eigenvalue weighted by Gasteiger charge is 2.27. The first-order chi connectivity index (χ1) is 9.68. The molecule has 20 heavy (non-hydrogen) atoms. The van der Waals surface area contributed by atoms with Crippen molar-refractivity contribution in [1.29, 1.82) is 0 Å². The Labute approximate surface area is 121 Å². The van der Waals surface area contributed by atoms with E-state index in [9.17, 15) is 0 Å². The summed E-state index contributed by atoms with van der Waals surface area (Å²) in [4.78, 5) is 0. The highest BCUT2D eigenvalue weighted by atomic mass is 14.7. The van der Waals surface area contributed by atoms with Crippen molar-refractivity contribution in [3.63, 3.8) is 0 Å². The van der Waals surface area contributed by atoms with Gasteiger partial charge in [-0.25, -0.2) is 0 Å². The van der Waals surface area contributed by atoms with E-state index >= 15 is 0 Å². The molecule has 104 valence electrons. The fraction of sp³-hybridized carbons (Fsp3) is 0.368. The fourth-order valence-corrected chi connectivity index (χ4v) is 3.52. The van der Waals surface area contributed by atoms with Gasteiger partial charge in [0.15, 0.2) is 0 Å². The molecular formula is C19H23N. The van der Waals surface area contributed by atoms with Crippen LogP contribution in [0.1, 0.15) is 52.6 Å². The third kappa shape index (κ3) is 2.27. The molecule has 1 aliphatic rings. The lowest BCUT2D eigenvalue weighted by atomic mass is 9.76. The molecule has 2 aromatic rings. The molecule has 2 unspecified atom stereocenters. The number of rotatable bonds is 2. The van der Waals surface area contributed by atoms with Crippen molar-refractivity contribution in [2.45, 2.75) is 45.1 Å². The molecule has 1 nitrogen and oxygen atoms in total. The largest absolute Gasteiger partial charge is 0.323 e. The Bertz CT molecular complexity index is 615. The SMILES string of the molecule is Cc1cccc(C(N)C2CCCc3ccccc32)c1C. The quantitative estimate of drug-likeness (QED) is 0.854. The zero-order valence-electron chi connectivity index (χ0n) is 12.4. The second-order valence-corrected chi connectivity index (χ2v) is 6.01. The molecule has 0 heterocycles. The molecule has 3 rings (SSSR count). The lowest BCUT2D eigenvalue weighted by Gasteiger charge is -2.31. The lowest BCUT2D eigenvalue weighted by molar-refractivity contribution is 0.473. The molecule has 0 saturated carbocycles. The first kappa shape index (κ1) is 13.4. The van der Waals surface area contributed by atoms with E-state index in [0.717, 1.165) is 0 Å². The van der Waals surface area contributed by atoms with Crippen LogP contribution < -0.4 is 5.73 Å². The maximum Gasteiger partial charge on any atom is 0.0367 e. The summed E-state index contributed by atoms with van der Waals surface area (Å²) in [5.41, 5.74) is 13.6. The number of benzene rings is 2. The van der Waals surface area contributed by atoms with Crippen molar-refractivity contribution in [3.8, 4) is 0 Å². The van der Waals surface area contributed by atoms with Crippen LogP contribution in [0, 0.1) is 13.8 Å². The van der Waals surface area contributed by atoms with Gasteiger partial charge in [-0.15, -0.1) is 0 Å². The van der Waals surface area contributed by atoms with Gasteiger partial charge >= 0.3 is 0 Å². The highest BCUT2D eigenvalue weighted by Crippen LogP contribution is 2.40. The average Bonchev–Trinajstić information content (AvgIpc) is 2.49. The summed E-state index contributed by atoms with van der Waals surface area (Å²) in [6, 6.07) is 15.4. The molecule has 1 aliphatic carbocycles. The van der Waals surface area contributed by atoms with Gasteiger partial charge in [0.1, 0.15) is 0 Å². The van der Waals surface area contributed by atoms with Crippen molar-refractivity contribution in [1.82, 2.24) is 0 Å².